The fraction of sp³-hybridized carbons (Fsp3) is 0.261. The Morgan fingerprint density at radius 2 is 2.10 bits per heavy atom. The number of hydrogen-bond acceptors (Lipinski definition) is 4. The molecular formula is C23H22ClFN4O2. The van der Waals surface area contributed by atoms with Crippen LogP contribution in [0.25, 0.3) is 11.8 Å². The predicted molar refractivity (Wildman–Crippen MR) is 116 cm³/mol. The smallest absolute Gasteiger partial charge is 0.289 e. The van der Waals surface area contributed by atoms with Gasteiger partial charge in [-0.05, 0) is 56.2 Å². The number of imidazole rings is 1. The number of benzene rings is 1. The SMILES string of the molecule is Cc1cn(-c2ccc(/C=C3\O[C@@H](C)CN([C@@H](C)c4ccc(Cl)nc4)C3=O)cc2F)cn1. The van der Waals surface area contributed by atoms with E-state index in [9.17, 15) is 9.18 Å². The van der Waals surface area contributed by atoms with Crippen LogP contribution in [0.2, 0.25) is 5.15 Å². The van der Waals surface area contributed by atoms with Crippen molar-refractivity contribution in [2.75, 3.05) is 6.54 Å². The van der Waals surface area contributed by atoms with Gasteiger partial charge in [-0.1, -0.05) is 23.7 Å². The monoisotopic (exact) mass is 440 g/mol. The minimum Gasteiger partial charge on any atom is -0.483 e. The zero-order valence-corrected chi connectivity index (χ0v) is 18.2. The average Bonchev–Trinajstić information content (AvgIpc) is 3.16. The molecule has 1 aromatic carbocycles. The highest BCUT2D eigenvalue weighted by molar-refractivity contribution is 6.29. The maximum atomic E-state index is 14.7. The molecule has 8 heteroatoms. The van der Waals surface area contributed by atoms with E-state index >= 15 is 0 Å². The van der Waals surface area contributed by atoms with Crippen LogP contribution in [0.3, 0.4) is 0 Å². The molecule has 6 nitrogen and oxygen atoms in total. The van der Waals surface area contributed by atoms with Gasteiger partial charge in [0, 0.05) is 12.4 Å². The highest BCUT2D eigenvalue weighted by Crippen LogP contribution is 2.28. The van der Waals surface area contributed by atoms with Crippen molar-refractivity contribution >= 4 is 23.6 Å². The third kappa shape index (κ3) is 4.46. The van der Waals surface area contributed by atoms with E-state index < -0.39 is 5.82 Å². The Labute approximate surface area is 184 Å². The number of nitrogens with zero attached hydrogens (tertiary/aromatic N) is 4. The number of carbonyl (C=O) groups excluding carboxylic acids is 1. The van der Waals surface area contributed by atoms with Crippen molar-refractivity contribution in [2.45, 2.75) is 32.9 Å². The third-order valence-corrected chi connectivity index (χ3v) is 5.44. The Morgan fingerprint density at radius 1 is 1.29 bits per heavy atom. The summed E-state index contributed by atoms with van der Waals surface area (Å²) < 4.78 is 22.1. The minimum atomic E-state index is -0.416. The van der Waals surface area contributed by atoms with Crippen LogP contribution in [0.15, 0.2) is 54.8 Å². The molecule has 2 aromatic heterocycles. The summed E-state index contributed by atoms with van der Waals surface area (Å²) in [6.07, 6.45) is 6.34. The molecule has 0 bridgehead atoms. The Bertz CT molecular complexity index is 1140. The highest BCUT2D eigenvalue weighted by atomic mass is 35.5. The normalized spacial score (nSPS) is 18.9. The minimum absolute atomic E-state index is 0.179. The molecule has 1 amide bonds. The van der Waals surface area contributed by atoms with Crippen LogP contribution >= 0.6 is 11.6 Å². The number of carbonyl (C=O) groups is 1. The lowest BCUT2D eigenvalue weighted by molar-refractivity contribution is -0.141. The Kier molecular flexibility index (Phi) is 5.78. The van der Waals surface area contributed by atoms with Gasteiger partial charge in [0.25, 0.3) is 5.91 Å². The van der Waals surface area contributed by atoms with Crippen molar-refractivity contribution in [3.05, 3.63) is 82.6 Å². The van der Waals surface area contributed by atoms with Crippen molar-refractivity contribution < 1.29 is 13.9 Å². The molecule has 0 aliphatic carbocycles. The molecule has 2 atom stereocenters. The average molecular weight is 441 g/mol. The first-order valence-electron chi connectivity index (χ1n) is 9.93. The molecule has 0 spiro atoms. The summed E-state index contributed by atoms with van der Waals surface area (Å²) in [5.41, 5.74) is 2.59. The van der Waals surface area contributed by atoms with Crippen LogP contribution in [-0.2, 0) is 9.53 Å². The van der Waals surface area contributed by atoms with Gasteiger partial charge in [-0.3, -0.25) is 4.79 Å². The largest absolute Gasteiger partial charge is 0.483 e. The molecule has 1 saturated heterocycles. The molecule has 1 aliphatic heterocycles. The van der Waals surface area contributed by atoms with Crippen molar-refractivity contribution in [1.82, 2.24) is 19.4 Å². The zero-order chi connectivity index (χ0) is 22.1. The summed E-state index contributed by atoms with van der Waals surface area (Å²) in [6.45, 7) is 6.10. The number of halogens is 2. The quantitative estimate of drug-likeness (QED) is 0.435. The fourth-order valence-electron chi connectivity index (χ4n) is 3.58. The predicted octanol–water partition coefficient (Wildman–Crippen LogP) is 4.72. The first-order chi connectivity index (χ1) is 14.8. The van der Waals surface area contributed by atoms with Gasteiger partial charge in [0.05, 0.1) is 30.3 Å². The molecule has 1 fully saturated rings. The van der Waals surface area contributed by atoms with Gasteiger partial charge >= 0.3 is 0 Å². The number of aromatic nitrogens is 3. The molecule has 3 heterocycles. The van der Waals surface area contributed by atoms with E-state index in [2.05, 4.69) is 9.97 Å². The molecule has 4 rings (SSSR count). The van der Waals surface area contributed by atoms with Crippen molar-refractivity contribution in [3.63, 3.8) is 0 Å². The van der Waals surface area contributed by atoms with Gasteiger partial charge < -0.3 is 14.2 Å². The van der Waals surface area contributed by atoms with Gasteiger partial charge in [0.15, 0.2) is 5.76 Å². The number of hydrogen-bond donors (Lipinski definition) is 0. The van der Waals surface area contributed by atoms with Crippen molar-refractivity contribution in [3.8, 4) is 5.69 Å². The van der Waals surface area contributed by atoms with Gasteiger partial charge in [-0.2, -0.15) is 0 Å². The lowest BCUT2D eigenvalue weighted by Gasteiger charge is -2.37. The second-order valence-electron chi connectivity index (χ2n) is 7.62. The topological polar surface area (TPSA) is 60.2 Å². The van der Waals surface area contributed by atoms with Crippen LogP contribution in [0.5, 0.6) is 0 Å². The van der Waals surface area contributed by atoms with Crippen LogP contribution in [0.1, 0.15) is 36.7 Å². The number of morpholine rings is 1. The molecule has 160 valence electrons. The van der Waals surface area contributed by atoms with Crippen LogP contribution in [0.4, 0.5) is 4.39 Å². The van der Waals surface area contributed by atoms with E-state index in [0.717, 1.165) is 11.3 Å². The lowest BCUT2D eigenvalue weighted by atomic mass is 10.1. The molecule has 0 unspecified atom stereocenters. The summed E-state index contributed by atoms with van der Waals surface area (Å²) in [7, 11) is 0. The van der Waals surface area contributed by atoms with E-state index in [1.54, 1.807) is 52.5 Å². The van der Waals surface area contributed by atoms with Gasteiger partial charge in [-0.25, -0.2) is 14.4 Å². The van der Waals surface area contributed by atoms with Crippen LogP contribution < -0.4 is 0 Å². The van der Waals surface area contributed by atoms with E-state index in [4.69, 9.17) is 16.3 Å². The van der Waals surface area contributed by atoms with Crippen LogP contribution in [0, 0.1) is 12.7 Å². The Hall–Kier alpha value is -3.19. The summed E-state index contributed by atoms with van der Waals surface area (Å²) in [6, 6.07) is 8.11. The Balaban J connectivity index is 1.60. The number of amides is 1. The number of ether oxygens (including phenoxy) is 1. The number of pyridine rings is 1. The summed E-state index contributed by atoms with van der Waals surface area (Å²) in [5, 5.41) is 0.398. The summed E-state index contributed by atoms with van der Waals surface area (Å²) >= 11 is 5.88. The molecule has 3 aromatic rings. The number of rotatable bonds is 4. The second-order valence-corrected chi connectivity index (χ2v) is 8.01. The second kappa shape index (κ2) is 8.51. The third-order valence-electron chi connectivity index (χ3n) is 5.21. The zero-order valence-electron chi connectivity index (χ0n) is 17.4. The van der Waals surface area contributed by atoms with Crippen LogP contribution in [-0.4, -0.2) is 38.0 Å². The van der Waals surface area contributed by atoms with Gasteiger partial charge in [0.1, 0.15) is 17.1 Å². The van der Waals surface area contributed by atoms with E-state index in [1.165, 1.54) is 6.07 Å². The maximum Gasteiger partial charge on any atom is 0.289 e. The van der Waals surface area contributed by atoms with E-state index in [0.29, 0.717) is 22.9 Å². The molecule has 1 aliphatic rings. The molecular weight excluding hydrogens is 419 g/mol. The molecule has 0 N–H and O–H groups in total. The highest BCUT2D eigenvalue weighted by Gasteiger charge is 2.33. The molecule has 31 heavy (non-hydrogen) atoms. The molecule has 0 radical (unpaired) electrons. The molecule has 0 saturated carbocycles. The standard InChI is InChI=1S/C23H22ClFN4O2/c1-14-11-28(13-27-14)20-6-4-17(8-19(20)25)9-21-23(30)29(12-15(2)31-21)16(3)18-5-7-22(24)26-10-18/h4-11,13,15-16H,12H2,1-3H3/b21-9-/t15-,16-/m0/s1. The maximum absolute atomic E-state index is 14.7. The number of aryl methyl sites for hydroxylation is 1. The Morgan fingerprint density at radius 3 is 2.74 bits per heavy atom. The van der Waals surface area contributed by atoms with E-state index in [1.807, 2.05) is 26.8 Å². The van der Waals surface area contributed by atoms with Crippen molar-refractivity contribution in [1.29, 1.82) is 0 Å². The van der Waals surface area contributed by atoms with Gasteiger partial charge in [0.2, 0.25) is 0 Å². The van der Waals surface area contributed by atoms with Gasteiger partial charge in [-0.15, -0.1) is 0 Å². The fourth-order valence-corrected chi connectivity index (χ4v) is 3.69. The van der Waals surface area contributed by atoms with E-state index in [-0.39, 0.29) is 23.8 Å². The first kappa shape index (κ1) is 21.1. The first-order valence-corrected chi connectivity index (χ1v) is 10.3. The summed E-state index contributed by atoms with van der Waals surface area (Å²) in [4.78, 5) is 23.1. The summed E-state index contributed by atoms with van der Waals surface area (Å²) in [5.74, 6) is -0.492. The lowest BCUT2D eigenvalue weighted by Crippen LogP contribution is -2.45. The van der Waals surface area contributed by atoms with Crippen molar-refractivity contribution in [2.24, 2.45) is 0 Å².